The van der Waals surface area contributed by atoms with E-state index in [4.69, 9.17) is 0 Å². The highest BCUT2D eigenvalue weighted by atomic mass is 15.4. The average molecular weight is 174 g/mol. The molecule has 2 nitrogen and oxygen atoms in total. The molecule has 0 atom stereocenters. The van der Waals surface area contributed by atoms with Crippen molar-refractivity contribution < 1.29 is 0 Å². The van der Waals surface area contributed by atoms with Crippen molar-refractivity contribution in [2.45, 2.75) is 6.92 Å². The van der Waals surface area contributed by atoms with Crippen molar-refractivity contribution in [2.24, 2.45) is 5.10 Å². The van der Waals surface area contributed by atoms with Crippen LogP contribution in [0.1, 0.15) is 12.5 Å². The number of hydrogen-bond donors (Lipinski definition) is 0. The van der Waals surface area contributed by atoms with Gasteiger partial charge in [0.25, 0.3) is 0 Å². The van der Waals surface area contributed by atoms with E-state index in [1.807, 2.05) is 38.2 Å². The molecule has 0 fully saturated rings. The highest BCUT2D eigenvalue weighted by Crippen LogP contribution is 2.16. The summed E-state index contributed by atoms with van der Waals surface area (Å²) in [4.78, 5) is 0. The van der Waals surface area contributed by atoms with Gasteiger partial charge in [-0.1, -0.05) is 36.4 Å². The van der Waals surface area contributed by atoms with Gasteiger partial charge in [0, 0.05) is 13.8 Å². The summed E-state index contributed by atoms with van der Waals surface area (Å²) in [5, 5.41) is 5.61. The Morgan fingerprint density at radius 1 is 1.38 bits per heavy atom. The molecular weight excluding hydrogens is 160 g/mol. The van der Waals surface area contributed by atoms with Gasteiger partial charge in [-0.15, -0.1) is 0 Å². The predicted octanol–water partition coefficient (Wildman–Crippen LogP) is 2.59. The van der Waals surface area contributed by atoms with Crippen LogP contribution in [-0.2, 0) is 0 Å². The van der Waals surface area contributed by atoms with Gasteiger partial charge in [-0.3, -0.25) is 5.01 Å². The van der Waals surface area contributed by atoms with E-state index in [0.717, 1.165) is 11.3 Å². The van der Waals surface area contributed by atoms with Gasteiger partial charge in [0.2, 0.25) is 0 Å². The molecule has 0 aliphatic heterocycles. The monoisotopic (exact) mass is 174 g/mol. The Hall–Kier alpha value is -1.57. The molecule has 0 heterocycles. The first-order valence-corrected chi connectivity index (χ1v) is 4.21. The van der Waals surface area contributed by atoms with Gasteiger partial charge in [-0.05, 0) is 12.5 Å². The summed E-state index contributed by atoms with van der Waals surface area (Å²) in [6.45, 7) is 5.48. The Balaban J connectivity index is 2.99. The first-order chi connectivity index (χ1) is 6.29. The SMILES string of the molecule is C=NN(C)/C(=C\C)c1ccccc1. The number of hydrazone groups is 1. The Labute approximate surface area is 79.2 Å². The molecule has 0 aromatic heterocycles. The lowest BCUT2D eigenvalue weighted by Gasteiger charge is -2.16. The Morgan fingerprint density at radius 3 is 2.46 bits per heavy atom. The summed E-state index contributed by atoms with van der Waals surface area (Å²) in [6.07, 6.45) is 2.02. The molecule has 0 spiro atoms. The standard InChI is InChI=1S/C11H14N2/c1-4-11(13(3)12-2)10-8-6-5-7-9-10/h4-9H,2H2,1,3H3/b11-4-. The molecule has 2 heteroatoms. The summed E-state index contributed by atoms with van der Waals surface area (Å²) in [5.74, 6) is 0. The molecule has 0 aliphatic rings. The number of rotatable bonds is 3. The van der Waals surface area contributed by atoms with Crippen LogP contribution in [0.2, 0.25) is 0 Å². The summed E-state index contributed by atoms with van der Waals surface area (Å²) in [5.41, 5.74) is 2.22. The first kappa shape index (κ1) is 9.52. The third kappa shape index (κ3) is 2.18. The predicted molar refractivity (Wildman–Crippen MR) is 57.4 cm³/mol. The largest absolute Gasteiger partial charge is 0.269 e. The van der Waals surface area contributed by atoms with Crippen LogP contribution >= 0.6 is 0 Å². The van der Waals surface area contributed by atoms with Gasteiger partial charge >= 0.3 is 0 Å². The molecule has 0 N–H and O–H groups in total. The molecule has 0 unspecified atom stereocenters. The normalized spacial score (nSPS) is 11.1. The van der Waals surface area contributed by atoms with Gasteiger partial charge in [-0.25, -0.2) is 0 Å². The first-order valence-electron chi connectivity index (χ1n) is 4.21. The lowest BCUT2D eigenvalue weighted by molar-refractivity contribution is 0.521. The second-order valence-electron chi connectivity index (χ2n) is 2.70. The molecule has 0 radical (unpaired) electrons. The van der Waals surface area contributed by atoms with Crippen LogP contribution in [0.4, 0.5) is 0 Å². The summed E-state index contributed by atoms with van der Waals surface area (Å²) < 4.78 is 0. The van der Waals surface area contributed by atoms with E-state index in [-0.39, 0.29) is 0 Å². The Morgan fingerprint density at radius 2 is 2.00 bits per heavy atom. The van der Waals surface area contributed by atoms with Crippen LogP contribution in [0.15, 0.2) is 41.5 Å². The van der Waals surface area contributed by atoms with Crippen LogP contribution in [0, 0.1) is 0 Å². The zero-order valence-corrected chi connectivity index (χ0v) is 8.07. The van der Waals surface area contributed by atoms with Crippen molar-refractivity contribution in [3.05, 3.63) is 42.0 Å². The number of nitrogens with zero attached hydrogens (tertiary/aromatic N) is 2. The highest BCUT2D eigenvalue weighted by Gasteiger charge is 2.02. The van der Waals surface area contributed by atoms with E-state index in [0.29, 0.717) is 0 Å². The summed E-state index contributed by atoms with van der Waals surface area (Å²) in [6, 6.07) is 10.1. The van der Waals surface area contributed by atoms with Gasteiger partial charge in [0.15, 0.2) is 0 Å². The van der Waals surface area contributed by atoms with E-state index in [2.05, 4.69) is 24.0 Å². The molecule has 0 saturated carbocycles. The third-order valence-corrected chi connectivity index (χ3v) is 1.90. The number of hydrogen-bond acceptors (Lipinski definition) is 2. The van der Waals surface area contributed by atoms with Crippen LogP contribution in [0.25, 0.3) is 5.70 Å². The highest BCUT2D eigenvalue weighted by molar-refractivity contribution is 5.63. The van der Waals surface area contributed by atoms with Crippen molar-refractivity contribution in [2.75, 3.05) is 7.05 Å². The molecule has 1 aromatic rings. The third-order valence-electron chi connectivity index (χ3n) is 1.90. The fourth-order valence-electron chi connectivity index (χ4n) is 1.23. The van der Waals surface area contributed by atoms with Crippen LogP contribution < -0.4 is 0 Å². The fraction of sp³-hybridized carbons (Fsp3) is 0.182. The van der Waals surface area contributed by atoms with Crippen LogP contribution in [0.5, 0.6) is 0 Å². The number of benzene rings is 1. The molecule has 1 rings (SSSR count). The van der Waals surface area contributed by atoms with E-state index in [1.165, 1.54) is 0 Å². The van der Waals surface area contributed by atoms with Crippen LogP contribution in [0.3, 0.4) is 0 Å². The van der Waals surface area contributed by atoms with Crippen molar-refractivity contribution >= 4 is 12.4 Å². The minimum atomic E-state index is 1.07. The van der Waals surface area contributed by atoms with E-state index in [9.17, 15) is 0 Å². The van der Waals surface area contributed by atoms with Crippen molar-refractivity contribution in [3.8, 4) is 0 Å². The molecule has 0 bridgehead atoms. The fourth-order valence-corrected chi connectivity index (χ4v) is 1.23. The van der Waals surface area contributed by atoms with E-state index in [1.54, 1.807) is 5.01 Å². The zero-order chi connectivity index (χ0) is 9.68. The lowest BCUT2D eigenvalue weighted by atomic mass is 10.1. The van der Waals surface area contributed by atoms with Gasteiger partial charge in [-0.2, -0.15) is 5.10 Å². The minimum absolute atomic E-state index is 1.07. The average Bonchev–Trinajstić information content (AvgIpc) is 2.20. The minimum Gasteiger partial charge on any atom is -0.269 e. The van der Waals surface area contributed by atoms with Crippen molar-refractivity contribution in [1.82, 2.24) is 5.01 Å². The summed E-state index contributed by atoms with van der Waals surface area (Å²) >= 11 is 0. The zero-order valence-electron chi connectivity index (χ0n) is 8.07. The molecule has 0 aliphatic carbocycles. The van der Waals surface area contributed by atoms with E-state index < -0.39 is 0 Å². The van der Waals surface area contributed by atoms with Gasteiger partial charge in [0.1, 0.15) is 0 Å². The van der Waals surface area contributed by atoms with Crippen molar-refractivity contribution in [3.63, 3.8) is 0 Å². The lowest BCUT2D eigenvalue weighted by Crippen LogP contribution is -2.08. The molecule has 13 heavy (non-hydrogen) atoms. The Bertz CT molecular complexity index is 301. The maximum Gasteiger partial charge on any atom is 0.0620 e. The molecule has 0 saturated heterocycles. The molecule has 1 aromatic carbocycles. The van der Waals surface area contributed by atoms with Gasteiger partial charge < -0.3 is 0 Å². The summed E-state index contributed by atoms with van der Waals surface area (Å²) in [7, 11) is 1.88. The maximum atomic E-state index is 3.85. The maximum absolute atomic E-state index is 3.85. The molecule has 68 valence electrons. The van der Waals surface area contributed by atoms with Crippen molar-refractivity contribution in [1.29, 1.82) is 0 Å². The Kier molecular flexibility index (Phi) is 3.26. The molecular formula is C11H14N2. The van der Waals surface area contributed by atoms with Gasteiger partial charge in [0.05, 0.1) is 5.70 Å². The number of allylic oxidation sites excluding steroid dienone is 1. The quantitative estimate of drug-likeness (QED) is 0.508. The smallest absolute Gasteiger partial charge is 0.0620 e. The molecule has 0 amide bonds. The second-order valence-corrected chi connectivity index (χ2v) is 2.70. The van der Waals surface area contributed by atoms with Crippen LogP contribution in [-0.4, -0.2) is 18.8 Å². The van der Waals surface area contributed by atoms with E-state index >= 15 is 0 Å². The topological polar surface area (TPSA) is 15.6 Å². The second kappa shape index (κ2) is 4.45.